The van der Waals surface area contributed by atoms with Gasteiger partial charge in [0.05, 0.1) is 29.9 Å². The molecule has 0 spiro atoms. The number of benzene rings is 2. The first-order valence-electron chi connectivity index (χ1n) is 9.52. The fourth-order valence-electron chi connectivity index (χ4n) is 2.92. The number of ether oxygens (including phenoxy) is 1. The minimum absolute atomic E-state index is 0.0982. The molecule has 0 aliphatic carbocycles. The van der Waals surface area contributed by atoms with Gasteiger partial charge in [0.25, 0.3) is 0 Å². The minimum atomic E-state index is -1.92. The number of carboxylic acid groups (broad SMARTS) is 2. The van der Waals surface area contributed by atoms with Crippen LogP contribution in [0.25, 0.3) is 0 Å². The van der Waals surface area contributed by atoms with Crippen molar-refractivity contribution in [2.24, 2.45) is 0 Å². The summed E-state index contributed by atoms with van der Waals surface area (Å²) in [6.45, 7) is -0.981. The first kappa shape index (κ1) is 25.3. The quantitative estimate of drug-likeness (QED) is 0.183. The maximum atomic E-state index is 12.4. The number of aliphatic hydroxyl groups is 3. The first-order chi connectivity index (χ1) is 15.6. The van der Waals surface area contributed by atoms with Gasteiger partial charge < -0.3 is 30.3 Å². The Bertz CT molecular complexity index is 1100. The molecule has 0 aliphatic heterocycles. The van der Waals surface area contributed by atoms with Gasteiger partial charge in [-0.3, -0.25) is 9.59 Å². The predicted molar refractivity (Wildman–Crippen MR) is 109 cm³/mol. The average molecular weight is 460 g/mol. The van der Waals surface area contributed by atoms with E-state index in [0.29, 0.717) is 0 Å². The number of esters is 1. The summed E-state index contributed by atoms with van der Waals surface area (Å²) >= 11 is 0. The molecule has 2 rings (SSSR count). The van der Waals surface area contributed by atoms with Crippen LogP contribution in [-0.2, 0) is 4.74 Å². The molecule has 0 unspecified atom stereocenters. The van der Waals surface area contributed by atoms with Gasteiger partial charge in [-0.05, 0) is 30.3 Å². The van der Waals surface area contributed by atoms with Gasteiger partial charge in [-0.15, -0.1) is 0 Å². The highest BCUT2D eigenvalue weighted by Gasteiger charge is 2.21. The highest BCUT2D eigenvalue weighted by atomic mass is 16.5. The number of carboxylic acids is 2. The van der Waals surface area contributed by atoms with Crippen LogP contribution in [0.5, 0.6) is 0 Å². The van der Waals surface area contributed by atoms with Crippen molar-refractivity contribution < 1.29 is 54.2 Å². The van der Waals surface area contributed by atoms with Gasteiger partial charge in [-0.2, -0.15) is 0 Å². The number of carbonyl (C=O) groups excluding carboxylic acids is 3. The predicted octanol–water partition coefficient (Wildman–Crippen LogP) is 1.06. The van der Waals surface area contributed by atoms with Crippen molar-refractivity contribution in [3.8, 4) is 0 Å². The van der Waals surface area contributed by atoms with Crippen molar-refractivity contribution in [1.29, 1.82) is 0 Å². The SMILES string of the molecule is O=C(OCCC(=O)c1cc(C(O)O)ccc1C(=O)O)c1ccc(C(=O)O)c(C(=O)CCO)c1. The topological polar surface area (TPSA) is 196 Å². The molecule has 11 heteroatoms. The van der Waals surface area contributed by atoms with Crippen LogP contribution in [-0.4, -0.2) is 68.2 Å². The van der Waals surface area contributed by atoms with Gasteiger partial charge in [0.15, 0.2) is 17.9 Å². The summed E-state index contributed by atoms with van der Waals surface area (Å²) in [6, 6.07) is 6.38. The summed E-state index contributed by atoms with van der Waals surface area (Å²) in [6.07, 6.45) is -2.70. The van der Waals surface area contributed by atoms with E-state index in [2.05, 4.69) is 0 Å². The maximum Gasteiger partial charge on any atom is 0.338 e. The summed E-state index contributed by atoms with van der Waals surface area (Å²) in [5.74, 6) is -5.19. The molecule has 11 nitrogen and oxygen atoms in total. The number of Topliss-reactive ketones (excluding diaryl/α,β-unsaturated/α-hetero) is 2. The third-order valence-electron chi connectivity index (χ3n) is 4.56. The van der Waals surface area contributed by atoms with E-state index in [1.165, 1.54) is 0 Å². The fraction of sp³-hybridized carbons (Fsp3) is 0.227. The molecular weight excluding hydrogens is 440 g/mol. The van der Waals surface area contributed by atoms with Crippen molar-refractivity contribution in [3.63, 3.8) is 0 Å². The number of aromatic carboxylic acids is 2. The number of carbonyl (C=O) groups is 5. The number of aliphatic hydroxyl groups excluding tert-OH is 2. The van der Waals surface area contributed by atoms with Crippen LogP contribution in [0, 0.1) is 0 Å². The van der Waals surface area contributed by atoms with Crippen LogP contribution in [0.3, 0.4) is 0 Å². The van der Waals surface area contributed by atoms with Crippen LogP contribution < -0.4 is 0 Å². The van der Waals surface area contributed by atoms with E-state index in [1.807, 2.05) is 0 Å². The van der Waals surface area contributed by atoms with Crippen molar-refractivity contribution in [2.75, 3.05) is 13.2 Å². The Labute approximate surface area is 186 Å². The summed E-state index contributed by atoms with van der Waals surface area (Å²) in [7, 11) is 0. The largest absolute Gasteiger partial charge is 0.478 e. The molecule has 0 fully saturated rings. The van der Waals surface area contributed by atoms with Crippen molar-refractivity contribution in [2.45, 2.75) is 19.1 Å². The molecule has 0 radical (unpaired) electrons. The van der Waals surface area contributed by atoms with Crippen molar-refractivity contribution in [3.05, 3.63) is 69.8 Å². The van der Waals surface area contributed by atoms with Gasteiger partial charge in [-0.25, -0.2) is 14.4 Å². The van der Waals surface area contributed by atoms with Gasteiger partial charge in [0.1, 0.15) is 0 Å². The van der Waals surface area contributed by atoms with E-state index in [9.17, 15) is 44.4 Å². The molecule has 0 saturated heterocycles. The highest BCUT2D eigenvalue weighted by molar-refractivity contribution is 6.08. The lowest BCUT2D eigenvalue weighted by Gasteiger charge is -2.11. The van der Waals surface area contributed by atoms with Gasteiger partial charge in [0.2, 0.25) is 0 Å². The summed E-state index contributed by atoms with van der Waals surface area (Å²) < 4.78 is 4.98. The van der Waals surface area contributed by atoms with E-state index in [0.717, 1.165) is 36.4 Å². The molecule has 0 heterocycles. The molecule has 0 atom stereocenters. The van der Waals surface area contributed by atoms with E-state index in [4.69, 9.17) is 9.84 Å². The third kappa shape index (κ3) is 6.29. The number of ketones is 2. The average Bonchev–Trinajstić information content (AvgIpc) is 2.77. The molecule has 0 amide bonds. The third-order valence-corrected chi connectivity index (χ3v) is 4.56. The molecule has 0 aliphatic rings. The Morgan fingerprint density at radius 2 is 1.30 bits per heavy atom. The Morgan fingerprint density at radius 3 is 1.85 bits per heavy atom. The van der Waals surface area contributed by atoms with Crippen LogP contribution in [0.1, 0.15) is 76.5 Å². The Kier molecular flexibility index (Phi) is 8.51. The van der Waals surface area contributed by atoms with Crippen molar-refractivity contribution in [1.82, 2.24) is 0 Å². The van der Waals surface area contributed by atoms with Crippen LogP contribution >= 0.6 is 0 Å². The zero-order valence-electron chi connectivity index (χ0n) is 17.1. The normalized spacial score (nSPS) is 10.7. The minimum Gasteiger partial charge on any atom is -0.478 e. The summed E-state index contributed by atoms with van der Waals surface area (Å²) in [5.41, 5.74) is -1.57. The smallest absolute Gasteiger partial charge is 0.338 e. The Morgan fingerprint density at radius 1 is 0.758 bits per heavy atom. The second-order valence-electron chi connectivity index (χ2n) is 6.76. The van der Waals surface area contributed by atoms with Crippen LogP contribution in [0.4, 0.5) is 0 Å². The number of hydrogen-bond donors (Lipinski definition) is 5. The summed E-state index contributed by atoms with van der Waals surface area (Å²) in [4.78, 5) is 59.4. The van der Waals surface area contributed by atoms with Gasteiger partial charge in [0, 0.05) is 29.5 Å². The molecular formula is C22H20O11. The fourth-order valence-corrected chi connectivity index (χ4v) is 2.92. The van der Waals surface area contributed by atoms with Gasteiger partial charge >= 0.3 is 17.9 Å². The molecule has 33 heavy (non-hydrogen) atoms. The number of rotatable bonds is 11. The molecule has 174 valence electrons. The Hall–Kier alpha value is -3.93. The van der Waals surface area contributed by atoms with E-state index in [1.54, 1.807) is 0 Å². The monoisotopic (exact) mass is 460 g/mol. The Balaban J connectivity index is 2.14. The summed E-state index contributed by atoms with van der Waals surface area (Å²) in [5, 5.41) is 45.8. The number of hydrogen-bond acceptors (Lipinski definition) is 9. The van der Waals surface area contributed by atoms with Crippen molar-refractivity contribution >= 4 is 29.5 Å². The van der Waals surface area contributed by atoms with Gasteiger partial charge in [-0.1, -0.05) is 6.07 Å². The zero-order valence-corrected chi connectivity index (χ0v) is 17.1. The van der Waals surface area contributed by atoms with E-state index < -0.39 is 55.4 Å². The van der Waals surface area contributed by atoms with E-state index >= 15 is 0 Å². The molecule has 0 aromatic heterocycles. The molecule has 0 saturated carbocycles. The maximum absolute atomic E-state index is 12.4. The molecule has 5 N–H and O–H groups in total. The lowest BCUT2D eigenvalue weighted by atomic mass is 9.98. The highest BCUT2D eigenvalue weighted by Crippen LogP contribution is 2.19. The molecule has 2 aromatic rings. The lowest BCUT2D eigenvalue weighted by Crippen LogP contribution is -2.15. The molecule has 0 bridgehead atoms. The standard InChI is InChI=1S/C22H20O11/c23-7-5-17(24)16-10-12(2-4-14(16)21(30)31)22(32)33-8-6-18(25)15-9-11(19(26)27)1-3-13(15)20(28)29/h1-4,9-10,19,23,26-27H,5-8H2,(H,28,29)(H,30,31). The molecule has 2 aromatic carbocycles. The second-order valence-corrected chi connectivity index (χ2v) is 6.76. The zero-order chi connectivity index (χ0) is 24.7. The van der Waals surface area contributed by atoms with E-state index in [-0.39, 0.29) is 39.8 Å². The second kappa shape index (κ2) is 11.1. The lowest BCUT2D eigenvalue weighted by molar-refractivity contribution is -0.0425. The van der Waals surface area contributed by atoms with Crippen LogP contribution in [0.15, 0.2) is 36.4 Å². The van der Waals surface area contributed by atoms with Crippen LogP contribution in [0.2, 0.25) is 0 Å². The first-order valence-corrected chi connectivity index (χ1v) is 9.52.